The van der Waals surface area contributed by atoms with Gasteiger partial charge in [0.25, 0.3) is 0 Å². The monoisotopic (exact) mass is 251 g/mol. The van der Waals surface area contributed by atoms with E-state index >= 15 is 0 Å². The molecule has 0 saturated heterocycles. The van der Waals surface area contributed by atoms with Crippen LogP contribution in [0.1, 0.15) is 23.6 Å². The average Bonchev–Trinajstić information content (AvgIpc) is 2.82. The van der Waals surface area contributed by atoms with Crippen LogP contribution in [0.15, 0.2) is 59.7 Å². The minimum atomic E-state index is 0.197. The quantitative estimate of drug-likeness (QED) is 0.890. The van der Waals surface area contributed by atoms with E-state index in [-0.39, 0.29) is 6.04 Å². The lowest BCUT2D eigenvalue weighted by molar-refractivity contribution is 0.706. The van der Waals surface area contributed by atoms with E-state index in [1.165, 1.54) is 11.1 Å². The topological polar surface area (TPSA) is 41.6 Å². The molecule has 0 radical (unpaired) electrons. The van der Waals surface area contributed by atoms with Crippen LogP contribution in [0, 0.1) is 6.92 Å². The van der Waals surface area contributed by atoms with Crippen molar-refractivity contribution < 1.29 is 0 Å². The summed E-state index contributed by atoms with van der Waals surface area (Å²) in [5, 5.41) is 6.55. The van der Waals surface area contributed by atoms with Crippen LogP contribution in [0.2, 0.25) is 0 Å². The third kappa shape index (κ3) is 2.19. The van der Waals surface area contributed by atoms with Gasteiger partial charge in [-0.15, -0.1) is 0 Å². The lowest BCUT2D eigenvalue weighted by atomic mass is 10.0. The zero-order chi connectivity index (χ0) is 13.2. The predicted molar refractivity (Wildman–Crippen MR) is 79.1 cm³/mol. The molecule has 0 bridgehead atoms. The Kier molecular flexibility index (Phi) is 2.95. The normalized spacial score (nSPS) is 18.5. The Hall–Kier alpha value is -2.29. The fraction of sp³-hybridized carbons (Fsp3) is 0.188. The van der Waals surface area contributed by atoms with Gasteiger partial charge in [0.2, 0.25) is 0 Å². The van der Waals surface area contributed by atoms with Crippen molar-refractivity contribution in [3.63, 3.8) is 0 Å². The minimum Gasteiger partial charge on any atom is -0.386 e. The molecule has 0 aromatic heterocycles. The van der Waals surface area contributed by atoms with Crippen molar-refractivity contribution in [2.75, 3.05) is 5.01 Å². The lowest BCUT2D eigenvalue weighted by Gasteiger charge is -2.25. The number of para-hydroxylation sites is 1. The number of nitrogens with two attached hydrogens (primary N) is 1. The first-order valence-electron chi connectivity index (χ1n) is 6.48. The molecule has 2 aromatic carbocycles. The van der Waals surface area contributed by atoms with Gasteiger partial charge in [0.05, 0.1) is 11.7 Å². The van der Waals surface area contributed by atoms with E-state index in [9.17, 15) is 0 Å². The molecule has 1 atom stereocenters. The molecule has 1 aliphatic heterocycles. The van der Waals surface area contributed by atoms with E-state index in [1.807, 2.05) is 23.2 Å². The second-order valence-corrected chi connectivity index (χ2v) is 4.85. The molecule has 2 N–H and O–H groups in total. The number of hydrazone groups is 1. The average molecular weight is 251 g/mol. The zero-order valence-corrected chi connectivity index (χ0v) is 11.0. The van der Waals surface area contributed by atoms with Crippen LogP contribution in [-0.4, -0.2) is 5.84 Å². The van der Waals surface area contributed by atoms with Gasteiger partial charge in [0.1, 0.15) is 5.84 Å². The van der Waals surface area contributed by atoms with E-state index in [4.69, 9.17) is 5.73 Å². The molecule has 1 aliphatic rings. The van der Waals surface area contributed by atoms with Crippen molar-refractivity contribution in [3.05, 3.63) is 65.7 Å². The predicted octanol–water partition coefficient (Wildman–Crippen LogP) is 3.22. The van der Waals surface area contributed by atoms with Gasteiger partial charge in [-0.25, -0.2) is 0 Å². The lowest BCUT2D eigenvalue weighted by Crippen LogP contribution is -2.19. The van der Waals surface area contributed by atoms with Gasteiger partial charge >= 0.3 is 0 Å². The molecule has 2 aromatic rings. The SMILES string of the molecule is Cc1ccccc1N1N=C(N)CC1c1ccccc1. The van der Waals surface area contributed by atoms with Gasteiger partial charge in [0.15, 0.2) is 0 Å². The van der Waals surface area contributed by atoms with Crippen molar-refractivity contribution in [1.82, 2.24) is 0 Å². The Morgan fingerprint density at radius 1 is 1.05 bits per heavy atom. The summed E-state index contributed by atoms with van der Waals surface area (Å²) >= 11 is 0. The Bertz CT molecular complexity index is 604. The summed E-state index contributed by atoms with van der Waals surface area (Å²) in [6.07, 6.45) is 0.776. The Balaban J connectivity index is 2.01. The van der Waals surface area contributed by atoms with Crippen LogP contribution in [0.5, 0.6) is 0 Å². The number of benzene rings is 2. The summed E-state index contributed by atoms with van der Waals surface area (Å²) in [6, 6.07) is 18.9. The summed E-state index contributed by atoms with van der Waals surface area (Å²) in [7, 11) is 0. The van der Waals surface area contributed by atoms with E-state index in [1.54, 1.807) is 0 Å². The Morgan fingerprint density at radius 3 is 2.47 bits per heavy atom. The fourth-order valence-corrected chi connectivity index (χ4v) is 2.51. The highest BCUT2D eigenvalue weighted by atomic mass is 15.5. The van der Waals surface area contributed by atoms with Gasteiger partial charge in [0, 0.05) is 6.42 Å². The second kappa shape index (κ2) is 4.76. The molecule has 1 unspecified atom stereocenters. The molecule has 19 heavy (non-hydrogen) atoms. The molecule has 0 fully saturated rings. The van der Waals surface area contributed by atoms with E-state index in [0.717, 1.165) is 12.1 Å². The summed E-state index contributed by atoms with van der Waals surface area (Å²) in [6.45, 7) is 2.10. The van der Waals surface area contributed by atoms with Crippen molar-refractivity contribution in [2.24, 2.45) is 10.8 Å². The first kappa shape index (κ1) is 11.8. The maximum Gasteiger partial charge on any atom is 0.122 e. The summed E-state index contributed by atoms with van der Waals surface area (Å²) in [5.74, 6) is 0.692. The van der Waals surface area contributed by atoms with E-state index in [0.29, 0.717) is 5.84 Å². The number of anilines is 1. The zero-order valence-electron chi connectivity index (χ0n) is 11.0. The number of hydrogen-bond acceptors (Lipinski definition) is 3. The maximum atomic E-state index is 5.95. The molecular formula is C16H17N3. The van der Waals surface area contributed by atoms with Crippen LogP contribution in [0.25, 0.3) is 0 Å². The number of nitrogens with zero attached hydrogens (tertiary/aromatic N) is 2. The van der Waals surface area contributed by atoms with Gasteiger partial charge in [-0.3, -0.25) is 5.01 Å². The molecule has 0 aliphatic carbocycles. The number of amidine groups is 1. The largest absolute Gasteiger partial charge is 0.386 e. The summed E-state index contributed by atoms with van der Waals surface area (Å²) < 4.78 is 0. The highest BCUT2D eigenvalue weighted by Gasteiger charge is 2.28. The highest BCUT2D eigenvalue weighted by molar-refractivity contribution is 5.85. The van der Waals surface area contributed by atoms with Gasteiger partial charge in [-0.05, 0) is 24.1 Å². The standard InChI is InChI=1S/C16H17N3/c1-12-7-5-6-10-14(12)19-15(11-16(17)18-19)13-8-3-2-4-9-13/h2-10,15H,11H2,1H3,(H2,17,18). The molecule has 96 valence electrons. The Morgan fingerprint density at radius 2 is 1.74 bits per heavy atom. The van der Waals surface area contributed by atoms with Crippen molar-refractivity contribution in [2.45, 2.75) is 19.4 Å². The molecule has 0 saturated carbocycles. The van der Waals surface area contributed by atoms with Crippen molar-refractivity contribution in [3.8, 4) is 0 Å². The molecular weight excluding hydrogens is 234 g/mol. The van der Waals surface area contributed by atoms with Crippen molar-refractivity contribution in [1.29, 1.82) is 0 Å². The molecule has 1 heterocycles. The van der Waals surface area contributed by atoms with Gasteiger partial charge < -0.3 is 5.73 Å². The molecule has 0 amide bonds. The fourth-order valence-electron chi connectivity index (χ4n) is 2.51. The highest BCUT2D eigenvalue weighted by Crippen LogP contribution is 2.35. The molecule has 3 rings (SSSR count). The van der Waals surface area contributed by atoms with Crippen LogP contribution in [-0.2, 0) is 0 Å². The first-order chi connectivity index (χ1) is 9.25. The smallest absolute Gasteiger partial charge is 0.122 e. The summed E-state index contributed by atoms with van der Waals surface area (Å²) in [4.78, 5) is 0. The third-order valence-corrected chi connectivity index (χ3v) is 3.48. The van der Waals surface area contributed by atoms with Crippen molar-refractivity contribution >= 4 is 11.5 Å². The molecule has 0 spiro atoms. The Labute approximate surface area is 113 Å². The third-order valence-electron chi connectivity index (χ3n) is 3.48. The summed E-state index contributed by atoms with van der Waals surface area (Å²) in [5.41, 5.74) is 9.53. The van der Waals surface area contributed by atoms with Crippen LogP contribution in [0.3, 0.4) is 0 Å². The van der Waals surface area contributed by atoms with Crippen LogP contribution in [0.4, 0.5) is 5.69 Å². The molecule has 3 heteroatoms. The van der Waals surface area contributed by atoms with Crippen LogP contribution >= 0.6 is 0 Å². The first-order valence-corrected chi connectivity index (χ1v) is 6.48. The van der Waals surface area contributed by atoms with Gasteiger partial charge in [-0.2, -0.15) is 5.10 Å². The molecule has 3 nitrogen and oxygen atoms in total. The number of aryl methyl sites for hydroxylation is 1. The van der Waals surface area contributed by atoms with E-state index < -0.39 is 0 Å². The van der Waals surface area contributed by atoms with Gasteiger partial charge in [-0.1, -0.05) is 48.5 Å². The second-order valence-electron chi connectivity index (χ2n) is 4.85. The minimum absolute atomic E-state index is 0.197. The maximum absolute atomic E-state index is 5.95. The van der Waals surface area contributed by atoms with E-state index in [2.05, 4.69) is 48.4 Å². The number of hydrogen-bond donors (Lipinski definition) is 1. The number of rotatable bonds is 2. The van der Waals surface area contributed by atoms with Crippen LogP contribution < -0.4 is 10.7 Å².